The van der Waals surface area contributed by atoms with E-state index in [9.17, 15) is 14.4 Å². The molecule has 29 heavy (non-hydrogen) atoms. The summed E-state index contributed by atoms with van der Waals surface area (Å²) < 4.78 is 0. The molecular formula is C22H34N4O3. The Balaban J connectivity index is 2.98. The van der Waals surface area contributed by atoms with Gasteiger partial charge in [0.05, 0.1) is 6.04 Å². The Bertz CT molecular complexity index is 701. The van der Waals surface area contributed by atoms with Crippen molar-refractivity contribution in [1.82, 2.24) is 21.3 Å². The van der Waals surface area contributed by atoms with Gasteiger partial charge in [0, 0.05) is 17.9 Å². The molecule has 0 aliphatic rings. The number of carbonyl (C=O) groups is 3. The maximum absolute atomic E-state index is 13.0. The van der Waals surface area contributed by atoms with Crippen molar-refractivity contribution < 1.29 is 14.4 Å². The van der Waals surface area contributed by atoms with Crippen LogP contribution in [0, 0.1) is 0 Å². The lowest BCUT2D eigenvalue weighted by Crippen LogP contribution is -2.62. The molecule has 1 aromatic rings. The Morgan fingerprint density at radius 1 is 1.07 bits per heavy atom. The molecule has 3 N–H and O–H groups in total. The number of amides is 3. The van der Waals surface area contributed by atoms with Gasteiger partial charge in [-0.3, -0.25) is 14.4 Å². The molecule has 0 heterocycles. The highest BCUT2D eigenvalue weighted by molar-refractivity contribution is 5.91. The number of hydrazine groups is 2. The minimum absolute atomic E-state index is 0.200. The summed E-state index contributed by atoms with van der Waals surface area (Å²) >= 11 is 0. The number of allylic oxidation sites excluding steroid dienone is 1. The van der Waals surface area contributed by atoms with E-state index in [4.69, 9.17) is 0 Å². The highest BCUT2D eigenvalue weighted by Crippen LogP contribution is 2.27. The Morgan fingerprint density at radius 3 is 2.28 bits per heavy atom. The third-order valence-corrected chi connectivity index (χ3v) is 4.67. The normalized spacial score (nSPS) is 12.4. The predicted molar refractivity (Wildman–Crippen MR) is 114 cm³/mol. The number of nitrogens with one attached hydrogen (secondary N) is 3. The first-order valence-electron chi connectivity index (χ1n) is 10.1. The highest BCUT2D eigenvalue weighted by Gasteiger charge is 2.36. The molecule has 0 aliphatic carbocycles. The molecule has 3 amide bonds. The number of likely N-dealkylation sites (N-methyl/N-ethyl adjacent to an activating group) is 1. The molecule has 0 aliphatic heterocycles. The second kappa shape index (κ2) is 12.0. The molecular weight excluding hydrogens is 368 g/mol. The van der Waals surface area contributed by atoms with E-state index in [2.05, 4.69) is 16.2 Å². The van der Waals surface area contributed by atoms with Gasteiger partial charge in [-0.25, -0.2) is 10.9 Å². The summed E-state index contributed by atoms with van der Waals surface area (Å²) in [4.78, 5) is 37.6. The van der Waals surface area contributed by atoms with E-state index in [1.807, 2.05) is 58.0 Å². The van der Waals surface area contributed by atoms with Gasteiger partial charge in [0.25, 0.3) is 17.7 Å². The monoisotopic (exact) mass is 402 g/mol. The molecule has 1 unspecified atom stereocenters. The largest absolute Gasteiger partial charge is 0.308 e. The number of hydrogen-bond acceptors (Lipinski definition) is 4. The highest BCUT2D eigenvalue weighted by atomic mass is 16.2. The van der Waals surface area contributed by atoms with E-state index in [1.165, 1.54) is 6.08 Å². The predicted octanol–water partition coefficient (Wildman–Crippen LogP) is 2.60. The number of unbranched alkanes of at least 4 members (excludes halogenated alkanes) is 1. The average molecular weight is 403 g/mol. The molecule has 1 aromatic carbocycles. The van der Waals surface area contributed by atoms with Crippen LogP contribution in [-0.4, -0.2) is 35.9 Å². The van der Waals surface area contributed by atoms with Crippen molar-refractivity contribution in [3.63, 3.8) is 0 Å². The van der Waals surface area contributed by atoms with Crippen molar-refractivity contribution in [2.24, 2.45) is 0 Å². The van der Waals surface area contributed by atoms with Gasteiger partial charge in [-0.15, -0.1) is 0 Å². The summed E-state index contributed by atoms with van der Waals surface area (Å²) in [6.45, 7) is 7.77. The van der Waals surface area contributed by atoms with Crippen molar-refractivity contribution in [3.05, 3.63) is 48.0 Å². The van der Waals surface area contributed by atoms with E-state index in [0.717, 1.165) is 23.5 Å². The summed E-state index contributed by atoms with van der Waals surface area (Å²) in [7, 11) is 1.69. The number of carbonyl (C=O) groups excluding carboxylic acids is 3. The van der Waals surface area contributed by atoms with Gasteiger partial charge in [0.15, 0.2) is 0 Å². The van der Waals surface area contributed by atoms with Crippen LogP contribution in [0.5, 0.6) is 0 Å². The second-order valence-electron chi connectivity index (χ2n) is 7.43. The molecule has 0 radical (unpaired) electrons. The van der Waals surface area contributed by atoms with E-state index in [1.54, 1.807) is 13.1 Å². The Kier molecular flexibility index (Phi) is 10.1. The van der Waals surface area contributed by atoms with Crippen LogP contribution in [0.1, 0.15) is 58.9 Å². The lowest BCUT2D eigenvalue weighted by Gasteiger charge is -2.35. The van der Waals surface area contributed by atoms with Crippen LogP contribution in [0.2, 0.25) is 0 Å². The SMILES string of the molecule is CCCC=CC(=O)NN(NC(=O)C(NC)C(C)(C)c1ccccc1)C(=O)CCC. The fraction of sp³-hybridized carbons (Fsp3) is 0.500. The van der Waals surface area contributed by atoms with E-state index >= 15 is 0 Å². The first-order chi connectivity index (χ1) is 13.8. The van der Waals surface area contributed by atoms with Crippen LogP contribution < -0.4 is 16.2 Å². The lowest BCUT2D eigenvalue weighted by atomic mass is 9.77. The summed E-state index contributed by atoms with van der Waals surface area (Å²) in [5.41, 5.74) is 5.45. The third kappa shape index (κ3) is 7.34. The first kappa shape index (κ1) is 24.4. The van der Waals surface area contributed by atoms with E-state index < -0.39 is 23.3 Å². The molecule has 0 aromatic heterocycles. The summed E-state index contributed by atoms with van der Waals surface area (Å²) in [6.07, 6.45) is 5.57. The Morgan fingerprint density at radius 2 is 1.72 bits per heavy atom. The van der Waals surface area contributed by atoms with Gasteiger partial charge >= 0.3 is 0 Å². The smallest absolute Gasteiger partial charge is 0.263 e. The quantitative estimate of drug-likeness (QED) is 0.437. The van der Waals surface area contributed by atoms with Gasteiger partial charge in [-0.1, -0.05) is 70.5 Å². The minimum Gasteiger partial charge on any atom is -0.308 e. The fourth-order valence-electron chi connectivity index (χ4n) is 3.01. The zero-order valence-electron chi connectivity index (χ0n) is 18.1. The van der Waals surface area contributed by atoms with Crippen LogP contribution in [0.15, 0.2) is 42.5 Å². The van der Waals surface area contributed by atoms with Gasteiger partial charge < -0.3 is 5.32 Å². The topological polar surface area (TPSA) is 90.5 Å². The van der Waals surface area contributed by atoms with Gasteiger partial charge in [-0.2, -0.15) is 5.12 Å². The third-order valence-electron chi connectivity index (χ3n) is 4.67. The van der Waals surface area contributed by atoms with Crippen LogP contribution >= 0.6 is 0 Å². The zero-order valence-corrected chi connectivity index (χ0v) is 18.1. The van der Waals surface area contributed by atoms with Crippen LogP contribution in [0.4, 0.5) is 0 Å². The average Bonchev–Trinajstić information content (AvgIpc) is 2.69. The molecule has 0 saturated carbocycles. The summed E-state index contributed by atoms with van der Waals surface area (Å²) in [5, 5.41) is 3.93. The molecule has 160 valence electrons. The van der Waals surface area contributed by atoms with Crippen LogP contribution in [0.3, 0.4) is 0 Å². The van der Waals surface area contributed by atoms with Crippen molar-refractivity contribution in [3.8, 4) is 0 Å². The second-order valence-corrected chi connectivity index (χ2v) is 7.43. The Labute approximate surface area is 173 Å². The maximum atomic E-state index is 13.0. The maximum Gasteiger partial charge on any atom is 0.263 e. The van der Waals surface area contributed by atoms with Crippen molar-refractivity contribution in [2.75, 3.05) is 7.05 Å². The number of benzene rings is 1. The van der Waals surface area contributed by atoms with Crippen molar-refractivity contribution in [1.29, 1.82) is 0 Å². The molecule has 0 spiro atoms. The molecule has 0 fully saturated rings. The van der Waals surface area contributed by atoms with Crippen LogP contribution in [0.25, 0.3) is 0 Å². The Hall–Kier alpha value is -2.67. The number of rotatable bonds is 9. The van der Waals surface area contributed by atoms with Gasteiger partial charge in [0.2, 0.25) is 0 Å². The number of nitrogens with zero attached hydrogens (tertiary/aromatic N) is 1. The standard InChI is InChI=1S/C22H34N4O3/c1-6-8-10-16-18(27)24-26(19(28)13-7-2)25-21(29)20(23-5)22(3,4)17-14-11-9-12-15-17/h9-12,14-16,20,23H,6-8,13H2,1-5H3,(H,24,27)(H,25,29). The van der Waals surface area contributed by atoms with Gasteiger partial charge in [-0.05, 0) is 25.5 Å². The fourth-order valence-corrected chi connectivity index (χ4v) is 3.01. The number of hydrogen-bond donors (Lipinski definition) is 3. The van der Waals surface area contributed by atoms with Crippen molar-refractivity contribution >= 4 is 17.7 Å². The van der Waals surface area contributed by atoms with Crippen molar-refractivity contribution in [2.45, 2.75) is 64.8 Å². The summed E-state index contributed by atoms with van der Waals surface area (Å²) in [6, 6.07) is 9.04. The first-order valence-corrected chi connectivity index (χ1v) is 10.1. The molecule has 0 bridgehead atoms. The van der Waals surface area contributed by atoms with E-state index in [-0.39, 0.29) is 12.3 Å². The molecule has 7 heteroatoms. The lowest BCUT2D eigenvalue weighted by molar-refractivity contribution is -0.150. The molecule has 1 atom stereocenters. The zero-order chi connectivity index (χ0) is 21.9. The molecule has 1 rings (SSSR count). The van der Waals surface area contributed by atoms with Gasteiger partial charge in [0.1, 0.15) is 0 Å². The van der Waals surface area contributed by atoms with E-state index in [0.29, 0.717) is 6.42 Å². The van der Waals surface area contributed by atoms with Crippen LogP contribution in [-0.2, 0) is 19.8 Å². The summed E-state index contributed by atoms with van der Waals surface area (Å²) in [5.74, 6) is -1.26. The minimum atomic E-state index is -0.630. The molecule has 7 nitrogen and oxygen atoms in total. The molecule has 0 saturated heterocycles.